The van der Waals surface area contributed by atoms with Crippen molar-refractivity contribution in [2.45, 2.75) is 32.2 Å². The average Bonchev–Trinajstić information content (AvgIpc) is 3.09. The summed E-state index contributed by atoms with van der Waals surface area (Å²) in [6.45, 7) is 5.09. The molecule has 1 saturated heterocycles. The Morgan fingerprint density at radius 3 is 3.32 bits per heavy atom. The van der Waals surface area contributed by atoms with Crippen LogP contribution in [0.2, 0.25) is 0 Å². The van der Waals surface area contributed by atoms with Gasteiger partial charge in [0, 0.05) is 42.8 Å². The summed E-state index contributed by atoms with van der Waals surface area (Å²) in [5.74, 6) is 0.631. The van der Waals surface area contributed by atoms with Crippen molar-refractivity contribution < 1.29 is 4.74 Å². The van der Waals surface area contributed by atoms with Crippen molar-refractivity contribution >= 4 is 16.3 Å². The van der Waals surface area contributed by atoms with Crippen molar-refractivity contribution in [2.24, 2.45) is 5.92 Å². The van der Waals surface area contributed by atoms with Gasteiger partial charge in [-0.15, -0.1) is 11.3 Å². The Labute approximate surface area is 117 Å². The van der Waals surface area contributed by atoms with Gasteiger partial charge in [0.1, 0.15) is 0 Å². The lowest BCUT2D eigenvalue weighted by molar-refractivity contribution is 0.176. The maximum Gasteiger partial charge on any atom is 0.193 e. The maximum absolute atomic E-state index is 5.54. The van der Waals surface area contributed by atoms with Gasteiger partial charge in [0.05, 0.1) is 12.3 Å². The first-order valence-electron chi connectivity index (χ1n) is 7.09. The van der Waals surface area contributed by atoms with Gasteiger partial charge in [-0.3, -0.25) is 4.40 Å². The third-order valence-corrected chi connectivity index (χ3v) is 4.53. The summed E-state index contributed by atoms with van der Waals surface area (Å²) in [6.07, 6.45) is 7.57. The molecule has 1 aliphatic rings. The average molecular weight is 279 g/mol. The van der Waals surface area contributed by atoms with E-state index in [-0.39, 0.29) is 0 Å². The lowest BCUT2D eigenvalue weighted by Crippen LogP contribution is -2.39. The van der Waals surface area contributed by atoms with Crippen LogP contribution in [0, 0.1) is 5.92 Å². The van der Waals surface area contributed by atoms with Crippen LogP contribution in [-0.4, -0.2) is 35.2 Å². The molecular weight excluding hydrogens is 258 g/mol. The van der Waals surface area contributed by atoms with Crippen LogP contribution in [-0.2, 0) is 11.2 Å². The van der Waals surface area contributed by atoms with Crippen LogP contribution in [0.4, 0.5) is 0 Å². The molecule has 1 N–H and O–H groups in total. The highest BCUT2D eigenvalue weighted by molar-refractivity contribution is 7.15. The molecule has 1 fully saturated rings. The van der Waals surface area contributed by atoms with Crippen molar-refractivity contribution in [3.8, 4) is 0 Å². The van der Waals surface area contributed by atoms with Gasteiger partial charge in [-0.2, -0.15) is 0 Å². The molecule has 3 heterocycles. The molecule has 2 aromatic heterocycles. The topological polar surface area (TPSA) is 38.6 Å². The Balaban J connectivity index is 1.70. The Hall–Kier alpha value is -0.910. The zero-order valence-electron chi connectivity index (χ0n) is 11.3. The highest BCUT2D eigenvalue weighted by Gasteiger charge is 2.26. The second-order valence-corrected chi connectivity index (χ2v) is 6.09. The number of aromatic nitrogens is 2. The third kappa shape index (κ3) is 2.99. The molecule has 0 amide bonds. The van der Waals surface area contributed by atoms with Crippen molar-refractivity contribution in [3.63, 3.8) is 0 Å². The quantitative estimate of drug-likeness (QED) is 0.882. The summed E-state index contributed by atoms with van der Waals surface area (Å²) in [6, 6.07) is 0.493. The molecule has 0 spiro atoms. The van der Waals surface area contributed by atoms with E-state index in [1.807, 2.05) is 0 Å². The van der Waals surface area contributed by atoms with Gasteiger partial charge < -0.3 is 10.1 Å². The number of hydrogen-bond donors (Lipinski definition) is 1. The molecule has 2 unspecified atom stereocenters. The Kier molecular flexibility index (Phi) is 4.15. The number of thiazole rings is 1. The van der Waals surface area contributed by atoms with Gasteiger partial charge in [0.15, 0.2) is 4.96 Å². The summed E-state index contributed by atoms with van der Waals surface area (Å²) in [7, 11) is 0. The van der Waals surface area contributed by atoms with Crippen LogP contribution in [0.25, 0.3) is 4.96 Å². The van der Waals surface area contributed by atoms with Gasteiger partial charge in [-0.05, 0) is 19.4 Å². The van der Waals surface area contributed by atoms with Gasteiger partial charge in [-0.25, -0.2) is 4.98 Å². The Morgan fingerprint density at radius 1 is 1.63 bits per heavy atom. The fourth-order valence-corrected chi connectivity index (χ4v) is 3.42. The zero-order chi connectivity index (χ0) is 13.1. The predicted octanol–water partition coefficient (Wildman–Crippen LogP) is 2.34. The number of nitrogens with zero attached hydrogens (tertiary/aromatic N) is 2. The molecule has 0 aromatic carbocycles. The molecule has 19 heavy (non-hydrogen) atoms. The molecule has 3 rings (SSSR count). The van der Waals surface area contributed by atoms with Crippen LogP contribution in [0.1, 0.15) is 25.5 Å². The van der Waals surface area contributed by atoms with E-state index in [1.165, 1.54) is 18.5 Å². The van der Waals surface area contributed by atoms with Crippen molar-refractivity contribution in [1.82, 2.24) is 14.7 Å². The van der Waals surface area contributed by atoms with E-state index >= 15 is 0 Å². The molecule has 5 heteroatoms. The molecule has 0 aliphatic carbocycles. The van der Waals surface area contributed by atoms with E-state index < -0.39 is 0 Å². The van der Waals surface area contributed by atoms with E-state index in [1.54, 1.807) is 11.3 Å². The Bertz CT molecular complexity index is 487. The molecule has 4 nitrogen and oxygen atoms in total. The number of imidazole rings is 1. The lowest BCUT2D eigenvalue weighted by atomic mass is 9.95. The monoisotopic (exact) mass is 279 g/mol. The first kappa shape index (κ1) is 13.1. The van der Waals surface area contributed by atoms with Gasteiger partial charge in [0.2, 0.25) is 0 Å². The predicted molar refractivity (Wildman–Crippen MR) is 77.8 cm³/mol. The maximum atomic E-state index is 5.54. The lowest BCUT2D eigenvalue weighted by Gasteiger charge is -2.22. The number of ether oxygens (including phenoxy) is 1. The summed E-state index contributed by atoms with van der Waals surface area (Å²) < 4.78 is 7.65. The first-order chi connectivity index (χ1) is 9.36. The molecule has 1 aliphatic heterocycles. The molecule has 0 radical (unpaired) electrons. The van der Waals surface area contributed by atoms with E-state index in [0.29, 0.717) is 12.0 Å². The molecule has 104 valence electrons. The van der Waals surface area contributed by atoms with Gasteiger partial charge >= 0.3 is 0 Å². The molecule has 2 aromatic rings. The normalized spacial score (nSPS) is 21.2. The molecule has 2 atom stereocenters. The van der Waals surface area contributed by atoms with Crippen molar-refractivity contribution in [1.29, 1.82) is 0 Å². The minimum atomic E-state index is 0.493. The standard InChI is InChI=1S/C14H21N3OS/c1-2-4-15-13(11-3-6-18-10-11)8-12-9-17-5-7-19-14(17)16-12/h5,7,9,11,13,15H,2-4,6,8,10H2,1H3. The fourth-order valence-electron chi connectivity index (χ4n) is 2.71. The molecule has 0 bridgehead atoms. The highest BCUT2D eigenvalue weighted by Crippen LogP contribution is 2.21. The van der Waals surface area contributed by atoms with Crippen LogP contribution < -0.4 is 5.32 Å². The SMILES string of the molecule is CCCNC(Cc1cn2ccsc2n1)C1CCOC1. The number of fused-ring (bicyclic) bond motifs is 1. The summed E-state index contributed by atoms with van der Waals surface area (Å²) in [5.41, 5.74) is 1.19. The van der Waals surface area contributed by atoms with Crippen molar-refractivity contribution in [2.75, 3.05) is 19.8 Å². The Morgan fingerprint density at radius 2 is 2.58 bits per heavy atom. The van der Waals surface area contributed by atoms with Crippen LogP contribution in [0.5, 0.6) is 0 Å². The molecule has 0 saturated carbocycles. The first-order valence-corrected chi connectivity index (χ1v) is 7.97. The summed E-state index contributed by atoms with van der Waals surface area (Å²) in [4.78, 5) is 5.78. The number of nitrogens with one attached hydrogen (secondary N) is 1. The minimum Gasteiger partial charge on any atom is -0.381 e. The largest absolute Gasteiger partial charge is 0.381 e. The smallest absolute Gasteiger partial charge is 0.193 e. The number of hydrogen-bond acceptors (Lipinski definition) is 4. The molecular formula is C14H21N3OS. The minimum absolute atomic E-state index is 0.493. The van der Waals surface area contributed by atoms with E-state index in [0.717, 1.165) is 31.1 Å². The van der Waals surface area contributed by atoms with Gasteiger partial charge in [-0.1, -0.05) is 6.92 Å². The van der Waals surface area contributed by atoms with E-state index in [2.05, 4.69) is 34.4 Å². The van der Waals surface area contributed by atoms with E-state index in [9.17, 15) is 0 Å². The van der Waals surface area contributed by atoms with Crippen LogP contribution in [0.15, 0.2) is 17.8 Å². The fraction of sp³-hybridized carbons (Fsp3) is 0.643. The van der Waals surface area contributed by atoms with E-state index in [4.69, 9.17) is 9.72 Å². The van der Waals surface area contributed by atoms with Crippen molar-refractivity contribution in [3.05, 3.63) is 23.5 Å². The van der Waals surface area contributed by atoms with Crippen LogP contribution in [0.3, 0.4) is 0 Å². The number of rotatable bonds is 6. The highest BCUT2D eigenvalue weighted by atomic mass is 32.1. The third-order valence-electron chi connectivity index (χ3n) is 3.76. The van der Waals surface area contributed by atoms with Gasteiger partial charge in [0.25, 0.3) is 0 Å². The zero-order valence-corrected chi connectivity index (χ0v) is 12.2. The van der Waals surface area contributed by atoms with Crippen LogP contribution >= 0.6 is 11.3 Å². The summed E-state index contributed by atoms with van der Waals surface area (Å²) >= 11 is 1.69. The summed E-state index contributed by atoms with van der Waals surface area (Å²) in [5, 5.41) is 5.74. The second kappa shape index (κ2) is 6.03. The second-order valence-electron chi connectivity index (χ2n) is 5.21.